The van der Waals surface area contributed by atoms with Crippen molar-refractivity contribution in [3.63, 3.8) is 0 Å². The highest BCUT2D eigenvalue weighted by Gasteiger charge is 2.27. The zero-order chi connectivity index (χ0) is 15.3. The number of sulfonamides is 1. The Morgan fingerprint density at radius 2 is 2.19 bits per heavy atom. The zero-order valence-electron chi connectivity index (χ0n) is 12.0. The molecule has 114 valence electrons. The third-order valence-corrected chi connectivity index (χ3v) is 4.97. The van der Waals surface area contributed by atoms with E-state index in [-0.39, 0.29) is 18.0 Å². The van der Waals surface area contributed by atoms with E-state index in [1.165, 1.54) is 17.6 Å². The van der Waals surface area contributed by atoms with E-state index in [2.05, 4.69) is 15.2 Å². The van der Waals surface area contributed by atoms with Gasteiger partial charge in [0.2, 0.25) is 10.0 Å². The highest BCUT2D eigenvalue weighted by atomic mass is 32.2. The molecule has 0 aliphatic rings. The van der Waals surface area contributed by atoms with Gasteiger partial charge in [0.1, 0.15) is 4.90 Å². The number of nitrogens with zero attached hydrogens (tertiary/aromatic N) is 3. The van der Waals surface area contributed by atoms with E-state index < -0.39 is 10.0 Å². The van der Waals surface area contributed by atoms with Gasteiger partial charge < -0.3 is 4.74 Å². The minimum Gasteiger partial charge on any atom is -0.383 e. The first-order valence-corrected chi connectivity index (χ1v) is 7.88. The van der Waals surface area contributed by atoms with Crippen LogP contribution >= 0.6 is 0 Å². The molecule has 8 heteroatoms. The molecule has 0 fully saturated rings. The predicted molar refractivity (Wildman–Crippen MR) is 77.0 cm³/mol. The van der Waals surface area contributed by atoms with Crippen LogP contribution < -0.4 is 0 Å². The molecule has 0 aliphatic carbocycles. The van der Waals surface area contributed by atoms with Crippen molar-refractivity contribution in [3.05, 3.63) is 42.0 Å². The Bertz CT molecular complexity index is 670. The molecule has 0 bridgehead atoms. The number of nitrogens with one attached hydrogen (secondary N) is 1. The van der Waals surface area contributed by atoms with Gasteiger partial charge in [-0.2, -0.15) is 9.40 Å². The number of ether oxygens (including phenoxy) is 1. The van der Waals surface area contributed by atoms with Gasteiger partial charge in [0.25, 0.3) is 0 Å². The van der Waals surface area contributed by atoms with Gasteiger partial charge in [-0.05, 0) is 19.1 Å². The Labute approximate surface area is 124 Å². The summed E-state index contributed by atoms with van der Waals surface area (Å²) in [6.07, 6.45) is 2.96. The summed E-state index contributed by atoms with van der Waals surface area (Å²) >= 11 is 0. The summed E-state index contributed by atoms with van der Waals surface area (Å²) in [5.41, 5.74) is 1.19. The van der Waals surface area contributed by atoms with E-state index in [0.717, 1.165) is 0 Å². The summed E-state index contributed by atoms with van der Waals surface area (Å²) in [6, 6.07) is 5.40. The topological polar surface area (TPSA) is 88.2 Å². The summed E-state index contributed by atoms with van der Waals surface area (Å²) in [4.78, 5) is 4.35. The first-order valence-electron chi connectivity index (χ1n) is 6.44. The SMILES string of the molecule is COCCN(Cc1ccccn1)S(=O)(=O)c1cn[nH]c1C. The number of rotatable bonds is 7. The number of aromatic amines is 1. The van der Waals surface area contributed by atoms with Crippen LogP contribution in [-0.2, 0) is 21.3 Å². The Balaban J connectivity index is 2.29. The maximum atomic E-state index is 12.7. The lowest BCUT2D eigenvalue weighted by Crippen LogP contribution is -2.34. The number of methoxy groups -OCH3 is 1. The van der Waals surface area contributed by atoms with Crippen LogP contribution in [0.15, 0.2) is 35.5 Å². The number of pyridine rings is 1. The molecule has 2 aromatic heterocycles. The van der Waals surface area contributed by atoms with Crippen LogP contribution in [0.1, 0.15) is 11.4 Å². The second-order valence-electron chi connectivity index (χ2n) is 4.51. The van der Waals surface area contributed by atoms with Gasteiger partial charge >= 0.3 is 0 Å². The number of hydrogen-bond acceptors (Lipinski definition) is 5. The highest BCUT2D eigenvalue weighted by molar-refractivity contribution is 7.89. The van der Waals surface area contributed by atoms with Crippen molar-refractivity contribution in [3.8, 4) is 0 Å². The van der Waals surface area contributed by atoms with Crippen molar-refractivity contribution in [2.45, 2.75) is 18.4 Å². The lowest BCUT2D eigenvalue weighted by Gasteiger charge is -2.21. The largest absolute Gasteiger partial charge is 0.383 e. The van der Waals surface area contributed by atoms with Gasteiger partial charge in [-0.15, -0.1) is 0 Å². The maximum absolute atomic E-state index is 12.7. The Kier molecular flexibility index (Phi) is 5.05. The van der Waals surface area contributed by atoms with Gasteiger partial charge in [0.15, 0.2) is 0 Å². The van der Waals surface area contributed by atoms with Crippen LogP contribution in [0.3, 0.4) is 0 Å². The predicted octanol–water partition coefficient (Wildman–Crippen LogP) is 0.950. The van der Waals surface area contributed by atoms with Crippen molar-refractivity contribution in [2.24, 2.45) is 0 Å². The molecule has 7 nitrogen and oxygen atoms in total. The number of aryl methyl sites for hydroxylation is 1. The third kappa shape index (κ3) is 3.66. The van der Waals surface area contributed by atoms with E-state index >= 15 is 0 Å². The third-order valence-electron chi connectivity index (χ3n) is 3.01. The number of aromatic nitrogens is 3. The summed E-state index contributed by atoms with van der Waals surface area (Å²) in [6.45, 7) is 2.43. The molecular weight excluding hydrogens is 292 g/mol. The van der Waals surface area contributed by atoms with Crippen molar-refractivity contribution in [1.82, 2.24) is 19.5 Å². The molecule has 0 amide bonds. The summed E-state index contributed by atoms with van der Waals surface area (Å²) in [5.74, 6) is 0. The second-order valence-corrected chi connectivity index (χ2v) is 6.42. The summed E-state index contributed by atoms with van der Waals surface area (Å²) < 4.78 is 31.8. The van der Waals surface area contributed by atoms with Gasteiger partial charge in [-0.3, -0.25) is 10.1 Å². The van der Waals surface area contributed by atoms with E-state index in [4.69, 9.17) is 4.74 Å². The van der Waals surface area contributed by atoms with Crippen LogP contribution in [0.25, 0.3) is 0 Å². The Morgan fingerprint density at radius 1 is 1.38 bits per heavy atom. The van der Waals surface area contributed by atoms with E-state index in [9.17, 15) is 8.42 Å². The number of H-pyrrole nitrogens is 1. The monoisotopic (exact) mass is 310 g/mol. The average Bonchev–Trinajstić information content (AvgIpc) is 2.91. The van der Waals surface area contributed by atoms with Crippen molar-refractivity contribution in [1.29, 1.82) is 0 Å². The van der Waals surface area contributed by atoms with Crippen LogP contribution in [0, 0.1) is 6.92 Å². The van der Waals surface area contributed by atoms with Crippen LogP contribution in [0.4, 0.5) is 0 Å². The molecule has 0 aliphatic heterocycles. The quantitative estimate of drug-likeness (QED) is 0.822. The molecule has 2 rings (SSSR count). The second kappa shape index (κ2) is 6.79. The molecule has 0 aromatic carbocycles. The molecule has 0 radical (unpaired) electrons. The lowest BCUT2D eigenvalue weighted by molar-refractivity contribution is 0.177. The lowest BCUT2D eigenvalue weighted by atomic mass is 10.3. The molecule has 0 unspecified atom stereocenters. The molecule has 2 heterocycles. The molecule has 21 heavy (non-hydrogen) atoms. The maximum Gasteiger partial charge on any atom is 0.246 e. The van der Waals surface area contributed by atoms with E-state index in [1.54, 1.807) is 25.3 Å². The molecule has 2 aromatic rings. The van der Waals surface area contributed by atoms with Crippen LogP contribution in [0.5, 0.6) is 0 Å². The minimum absolute atomic E-state index is 0.175. The highest BCUT2D eigenvalue weighted by Crippen LogP contribution is 2.19. The fourth-order valence-electron chi connectivity index (χ4n) is 1.89. The average molecular weight is 310 g/mol. The smallest absolute Gasteiger partial charge is 0.246 e. The standard InChI is InChI=1S/C13H18N4O3S/c1-11-13(9-15-16-11)21(18,19)17(7-8-20-2)10-12-5-3-4-6-14-12/h3-6,9H,7-8,10H2,1-2H3,(H,15,16). The van der Waals surface area contributed by atoms with Crippen molar-refractivity contribution >= 4 is 10.0 Å². The summed E-state index contributed by atoms with van der Waals surface area (Å²) in [7, 11) is -2.10. The molecule has 0 saturated heterocycles. The van der Waals surface area contributed by atoms with Crippen molar-refractivity contribution in [2.75, 3.05) is 20.3 Å². The normalized spacial score (nSPS) is 12.0. The van der Waals surface area contributed by atoms with E-state index in [0.29, 0.717) is 18.0 Å². The molecule has 0 spiro atoms. The van der Waals surface area contributed by atoms with Gasteiger partial charge in [-0.1, -0.05) is 6.07 Å². The fourth-order valence-corrected chi connectivity index (χ4v) is 3.40. The van der Waals surface area contributed by atoms with Gasteiger partial charge in [0, 0.05) is 19.9 Å². The molecular formula is C13H18N4O3S. The first kappa shape index (κ1) is 15.6. The molecule has 1 N–H and O–H groups in total. The Morgan fingerprint density at radius 3 is 2.76 bits per heavy atom. The van der Waals surface area contributed by atoms with Crippen LogP contribution in [-0.4, -0.2) is 48.2 Å². The van der Waals surface area contributed by atoms with Gasteiger partial charge in [-0.25, -0.2) is 8.42 Å². The van der Waals surface area contributed by atoms with Gasteiger partial charge in [0.05, 0.1) is 30.7 Å². The first-order chi connectivity index (χ1) is 10.1. The van der Waals surface area contributed by atoms with E-state index in [1.807, 2.05) is 6.07 Å². The minimum atomic E-state index is -3.64. The van der Waals surface area contributed by atoms with Crippen molar-refractivity contribution < 1.29 is 13.2 Å². The Hall–Kier alpha value is -1.77. The zero-order valence-corrected chi connectivity index (χ0v) is 12.8. The van der Waals surface area contributed by atoms with Crippen LogP contribution in [0.2, 0.25) is 0 Å². The fraction of sp³-hybridized carbons (Fsp3) is 0.385. The molecule has 0 saturated carbocycles. The molecule has 0 atom stereocenters. The summed E-state index contributed by atoms with van der Waals surface area (Å²) in [5, 5.41) is 6.43. The number of hydrogen-bond donors (Lipinski definition) is 1.